The van der Waals surface area contributed by atoms with E-state index in [0.717, 1.165) is 6.54 Å². The van der Waals surface area contributed by atoms with Gasteiger partial charge in [0.1, 0.15) is 0 Å². The van der Waals surface area contributed by atoms with E-state index in [1.165, 1.54) is 0 Å². The van der Waals surface area contributed by atoms with Crippen molar-refractivity contribution in [1.82, 2.24) is 9.80 Å². The number of hydrogen-bond donors (Lipinski definition) is 0. The summed E-state index contributed by atoms with van der Waals surface area (Å²) < 4.78 is 0. The van der Waals surface area contributed by atoms with Gasteiger partial charge in [-0.2, -0.15) is 0 Å². The number of rotatable bonds is 5. The first-order chi connectivity index (χ1) is 5.84. The molecule has 0 aromatic rings. The summed E-state index contributed by atoms with van der Waals surface area (Å²) in [7, 11) is 8.42. The van der Waals surface area contributed by atoms with Gasteiger partial charge in [0.2, 0.25) is 0 Å². The Bertz CT molecular complexity index is 163. The fourth-order valence-corrected chi connectivity index (χ4v) is 1.56. The van der Waals surface area contributed by atoms with E-state index in [0.29, 0.717) is 5.92 Å². The van der Waals surface area contributed by atoms with Crippen LogP contribution in [0.5, 0.6) is 0 Å². The van der Waals surface area contributed by atoms with E-state index in [9.17, 15) is 0 Å². The van der Waals surface area contributed by atoms with Crippen LogP contribution in [0.3, 0.4) is 0 Å². The lowest BCUT2D eigenvalue weighted by Crippen LogP contribution is -2.48. The average molecular weight is 184 g/mol. The van der Waals surface area contributed by atoms with Crippen LogP contribution in [0.1, 0.15) is 13.8 Å². The van der Waals surface area contributed by atoms with Crippen molar-refractivity contribution in [1.29, 1.82) is 0 Å². The van der Waals surface area contributed by atoms with Gasteiger partial charge in [-0.15, -0.1) is 6.58 Å². The minimum Gasteiger partial charge on any atom is -0.309 e. The van der Waals surface area contributed by atoms with E-state index in [1.54, 1.807) is 0 Å². The number of likely N-dealkylation sites (N-methyl/N-ethyl adjacent to an activating group) is 1. The molecule has 0 radical (unpaired) electrons. The summed E-state index contributed by atoms with van der Waals surface area (Å²) in [6.07, 6.45) is 2.04. The SMILES string of the molecule is C=CC(C)(C(C)CN(C)C)N(C)C. The quantitative estimate of drug-likeness (QED) is 0.600. The van der Waals surface area contributed by atoms with Gasteiger partial charge in [0, 0.05) is 12.1 Å². The van der Waals surface area contributed by atoms with Crippen LogP contribution >= 0.6 is 0 Å². The van der Waals surface area contributed by atoms with Crippen LogP contribution in [0.2, 0.25) is 0 Å². The molecule has 0 aliphatic rings. The Morgan fingerprint density at radius 3 is 2.00 bits per heavy atom. The summed E-state index contributed by atoms with van der Waals surface area (Å²) in [5.74, 6) is 0.579. The summed E-state index contributed by atoms with van der Waals surface area (Å²) in [5.41, 5.74) is 0.0876. The molecule has 2 unspecified atom stereocenters. The lowest BCUT2D eigenvalue weighted by Gasteiger charge is -2.40. The molecule has 2 nitrogen and oxygen atoms in total. The molecule has 0 aliphatic heterocycles. The molecule has 0 spiro atoms. The molecule has 13 heavy (non-hydrogen) atoms. The van der Waals surface area contributed by atoms with Gasteiger partial charge in [-0.05, 0) is 41.0 Å². The minimum absolute atomic E-state index is 0.0876. The minimum atomic E-state index is 0.0876. The molecule has 2 atom stereocenters. The Hall–Kier alpha value is -0.340. The van der Waals surface area contributed by atoms with Gasteiger partial charge in [0.05, 0.1) is 0 Å². The normalized spacial score (nSPS) is 18.8. The molecule has 0 aliphatic carbocycles. The van der Waals surface area contributed by atoms with Crippen molar-refractivity contribution in [3.63, 3.8) is 0 Å². The van der Waals surface area contributed by atoms with Gasteiger partial charge < -0.3 is 9.80 Å². The van der Waals surface area contributed by atoms with Crippen LogP contribution in [-0.2, 0) is 0 Å². The molecule has 0 fully saturated rings. The Morgan fingerprint density at radius 1 is 1.31 bits per heavy atom. The molecule has 0 N–H and O–H groups in total. The highest BCUT2D eigenvalue weighted by molar-refractivity contribution is 5.03. The summed E-state index contributed by atoms with van der Waals surface area (Å²) >= 11 is 0. The molecular weight excluding hydrogens is 160 g/mol. The van der Waals surface area contributed by atoms with Crippen molar-refractivity contribution in [3.8, 4) is 0 Å². The third-order valence-electron chi connectivity index (χ3n) is 3.01. The first-order valence-corrected chi connectivity index (χ1v) is 4.80. The van der Waals surface area contributed by atoms with Crippen molar-refractivity contribution < 1.29 is 0 Å². The van der Waals surface area contributed by atoms with Gasteiger partial charge in [0.15, 0.2) is 0 Å². The van der Waals surface area contributed by atoms with Crippen LogP contribution in [-0.4, -0.2) is 50.1 Å². The van der Waals surface area contributed by atoms with Gasteiger partial charge in [-0.25, -0.2) is 0 Å². The van der Waals surface area contributed by atoms with Crippen molar-refractivity contribution in [3.05, 3.63) is 12.7 Å². The Balaban J connectivity index is 4.47. The van der Waals surface area contributed by atoms with Crippen LogP contribution in [0.4, 0.5) is 0 Å². The predicted octanol–water partition coefficient (Wildman–Crippen LogP) is 1.69. The van der Waals surface area contributed by atoms with Crippen LogP contribution in [0.15, 0.2) is 12.7 Å². The van der Waals surface area contributed by atoms with Crippen LogP contribution in [0.25, 0.3) is 0 Å². The zero-order valence-electron chi connectivity index (χ0n) is 9.96. The van der Waals surface area contributed by atoms with Gasteiger partial charge >= 0.3 is 0 Å². The van der Waals surface area contributed by atoms with Crippen molar-refractivity contribution in [2.45, 2.75) is 19.4 Å². The Morgan fingerprint density at radius 2 is 1.77 bits per heavy atom. The molecular formula is C11H24N2. The summed E-state index contributed by atoms with van der Waals surface area (Å²) in [5, 5.41) is 0. The summed E-state index contributed by atoms with van der Waals surface area (Å²) in [6.45, 7) is 9.50. The molecule has 0 heterocycles. The number of nitrogens with zero attached hydrogens (tertiary/aromatic N) is 2. The van der Waals surface area contributed by atoms with Crippen LogP contribution < -0.4 is 0 Å². The largest absolute Gasteiger partial charge is 0.309 e. The molecule has 0 saturated heterocycles. The van der Waals surface area contributed by atoms with Gasteiger partial charge in [0.25, 0.3) is 0 Å². The Labute approximate surface area is 83.2 Å². The lowest BCUT2D eigenvalue weighted by molar-refractivity contribution is 0.134. The fourth-order valence-electron chi connectivity index (χ4n) is 1.56. The third kappa shape index (κ3) is 3.12. The lowest BCUT2D eigenvalue weighted by atomic mass is 9.85. The van der Waals surface area contributed by atoms with Crippen molar-refractivity contribution in [2.75, 3.05) is 34.7 Å². The maximum absolute atomic E-state index is 3.92. The Kier molecular flexibility index (Phi) is 4.65. The van der Waals surface area contributed by atoms with Crippen LogP contribution in [0, 0.1) is 5.92 Å². The third-order valence-corrected chi connectivity index (χ3v) is 3.01. The molecule has 78 valence electrons. The summed E-state index contributed by atoms with van der Waals surface area (Å²) in [6, 6.07) is 0. The maximum atomic E-state index is 3.92. The van der Waals surface area contributed by atoms with Gasteiger partial charge in [-0.3, -0.25) is 0 Å². The molecule has 0 bridgehead atoms. The zero-order chi connectivity index (χ0) is 10.6. The standard InChI is InChI=1S/C11H24N2/c1-8-11(3,13(6)7)10(2)9-12(4)5/h8,10H,1,9H2,2-7H3. The topological polar surface area (TPSA) is 6.48 Å². The van der Waals surface area contributed by atoms with E-state index < -0.39 is 0 Å². The van der Waals surface area contributed by atoms with E-state index in [2.05, 4.69) is 58.4 Å². The van der Waals surface area contributed by atoms with Crippen molar-refractivity contribution in [2.24, 2.45) is 5.92 Å². The van der Waals surface area contributed by atoms with E-state index in [1.807, 2.05) is 6.08 Å². The monoisotopic (exact) mass is 184 g/mol. The highest BCUT2D eigenvalue weighted by atomic mass is 15.2. The first kappa shape index (κ1) is 12.7. The molecule has 0 rings (SSSR count). The number of hydrogen-bond acceptors (Lipinski definition) is 2. The van der Waals surface area contributed by atoms with Gasteiger partial charge in [-0.1, -0.05) is 13.0 Å². The zero-order valence-corrected chi connectivity index (χ0v) is 9.96. The highest BCUT2D eigenvalue weighted by Gasteiger charge is 2.30. The highest BCUT2D eigenvalue weighted by Crippen LogP contribution is 2.23. The molecule has 2 heteroatoms. The second-order valence-corrected chi connectivity index (χ2v) is 4.49. The fraction of sp³-hybridized carbons (Fsp3) is 0.818. The molecule has 0 aromatic heterocycles. The molecule has 0 aromatic carbocycles. The predicted molar refractivity (Wildman–Crippen MR) is 60.0 cm³/mol. The smallest absolute Gasteiger partial charge is 0.0392 e. The first-order valence-electron chi connectivity index (χ1n) is 4.80. The molecule has 0 amide bonds. The summed E-state index contributed by atoms with van der Waals surface area (Å²) in [4.78, 5) is 4.45. The second kappa shape index (κ2) is 4.77. The van der Waals surface area contributed by atoms with E-state index in [-0.39, 0.29) is 5.54 Å². The maximum Gasteiger partial charge on any atom is 0.0392 e. The average Bonchev–Trinajstić information content (AvgIpc) is 2.01. The second-order valence-electron chi connectivity index (χ2n) is 4.49. The molecule has 0 saturated carbocycles. The van der Waals surface area contributed by atoms with E-state index >= 15 is 0 Å². The van der Waals surface area contributed by atoms with E-state index in [4.69, 9.17) is 0 Å². The van der Waals surface area contributed by atoms with Crippen molar-refractivity contribution >= 4 is 0 Å².